The number of nitrogens with zero attached hydrogens (tertiary/aromatic N) is 3. The summed E-state index contributed by atoms with van der Waals surface area (Å²) in [6, 6.07) is 10.00. The smallest absolute Gasteiger partial charge is 0.277 e. The lowest BCUT2D eigenvalue weighted by molar-refractivity contribution is 0.372. The molecule has 22 heavy (non-hydrogen) atoms. The van der Waals surface area contributed by atoms with Crippen molar-refractivity contribution in [2.45, 2.75) is 31.2 Å². The second-order valence-electron chi connectivity index (χ2n) is 5.67. The minimum Gasteiger partial charge on any atom is -0.332 e. The number of hydrogen-bond acceptors (Lipinski definition) is 5. The van der Waals surface area contributed by atoms with Crippen LogP contribution in [0.4, 0.5) is 0 Å². The molecule has 0 radical (unpaired) electrons. The van der Waals surface area contributed by atoms with Crippen LogP contribution in [-0.4, -0.2) is 15.1 Å². The van der Waals surface area contributed by atoms with Crippen LogP contribution >= 0.6 is 12.4 Å². The standard InChI is InChI=1S/C16H16N4O.ClH/c17-16(8-3-4-9-16)15-19-14(21-20-15)13-12-6-2-1-5-11(12)7-10-18-13;/h1-2,5-7,10H,3-4,8-9,17H2;1H. The van der Waals surface area contributed by atoms with Gasteiger partial charge in [0.15, 0.2) is 5.82 Å². The molecule has 4 rings (SSSR count). The summed E-state index contributed by atoms with van der Waals surface area (Å²) in [5.41, 5.74) is 6.66. The number of pyridine rings is 1. The average molecular weight is 317 g/mol. The maximum atomic E-state index is 6.38. The summed E-state index contributed by atoms with van der Waals surface area (Å²) in [4.78, 5) is 8.92. The zero-order chi connectivity index (χ0) is 14.3. The summed E-state index contributed by atoms with van der Waals surface area (Å²) in [6.45, 7) is 0. The summed E-state index contributed by atoms with van der Waals surface area (Å²) in [7, 11) is 0. The monoisotopic (exact) mass is 316 g/mol. The molecule has 0 amide bonds. The number of aromatic nitrogens is 3. The zero-order valence-corrected chi connectivity index (χ0v) is 12.8. The van der Waals surface area contributed by atoms with Crippen LogP contribution in [0, 0.1) is 0 Å². The molecule has 6 heteroatoms. The van der Waals surface area contributed by atoms with Gasteiger partial charge in [-0.3, -0.25) is 4.98 Å². The first-order chi connectivity index (χ1) is 10.3. The summed E-state index contributed by atoms with van der Waals surface area (Å²) in [5.74, 6) is 1.04. The first kappa shape index (κ1) is 14.9. The second kappa shape index (κ2) is 5.66. The van der Waals surface area contributed by atoms with Crippen LogP contribution in [0.15, 0.2) is 41.1 Å². The van der Waals surface area contributed by atoms with Crippen molar-refractivity contribution < 1.29 is 4.52 Å². The number of fused-ring (bicyclic) bond motifs is 1. The highest BCUT2D eigenvalue weighted by Crippen LogP contribution is 2.35. The Balaban J connectivity index is 0.00000144. The fourth-order valence-corrected chi connectivity index (χ4v) is 3.04. The Hall–Kier alpha value is -1.98. The molecule has 1 aromatic carbocycles. The van der Waals surface area contributed by atoms with Crippen LogP contribution in [-0.2, 0) is 5.54 Å². The summed E-state index contributed by atoms with van der Waals surface area (Å²) < 4.78 is 5.43. The molecule has 0 bridgehead atoms. The molecule has 0 aliphatic heterocycles. The normalized spacial score (nSPS) is 16.6. The maximum Gasteiger partial charge on any atom is 0.277 e. The number of hydrogen-bond donors (Lipinski definition) is 1. The predicted molar refractivity (Wildman–Crippen MR) is 86.6 cm³/mol. The van der Waals surface area contributed by atoms with Crippen LogP contribution in [0.1, 0.15) is 31.5 Å². The zero-order valence-electron chi connectivity index (χ0n) is 12.0. The molecule has 5 nitrogen and oxygen atoms in total. The Morgan fingerprint density at radius 3 is 2.68 bits per heavy atom. The van der Waals surface area contributed by atoms with E-state index < -0.39 is 5.54 Å². The topological polar surface area (TPSA) is 77.8 Å². The summed E-state index contributed by atoms with van der Waals surface area (Å²) >= 11 is 0. The fourth-order valence-electron chi connectivity index (χ4n) is 3.04. The lowest BCUT2D eigenvalue weighted by Crippen LogP contribution is -2.34. The van der Waals surface area contributed by atoms with E-state index >= 15 is 0 Å². The molecular formula is C16H17ClN4O. The highest BCUT2D eigenvalue weighted by molar-refractivity contribution is 5.92. The summed E-state index contributed by atoms with van der Waals surface area (Å²) in [6.07, 6.45) is 5.82. The van der Waals surface area contributed by atoms with Crippen molar-refractivity contribution in [1.29, 1.82) is 0 Å². The Bertz CT molecular complexity index is 790. The van der Waals surface area contributed by atoms with Crippen LogP contribution in [0.2, 0.25) is 0 Å². The second-order valence-corrected chi connectivity index (χ2v) is 5.67. The molecule has 1 fully saturated rings. The van der Waals surface area contributed by atoms with Crippen LogP contribution < -0.4 is 5.73 Å². The highest BCUT2D eigenvalue weighted by Gasteiger charge is 2.36. The molecule has 114 valence electrons. The molecule has 2 heterocycles. The van der Waals surface area contributed by atoms with Gasteiger partial charge in [0.25, 0.3) is 5.89 Å². The largest absolute Gasteiger partial charge is 0.332 e. The van der Waals surface area contributed by atoms with Crippen molar-refractivity contribution in [3.05, 3.63) is 42.4 Å². The van der Waals surface area contributed by atoms with Gasteiger partial charge in [-0.1, -0.05) is 42.3 Å². The summed E-state index contributed by atoms with van der Waals surface area (Å²) in [5, 5.41) is 6.21. The van der Waals surface area contributed by atoms with E-state index in [0.29, 0.717) is 17.4 Å². The van der Waals surface area contributed by atoms with E-state index in [0.717, 1.165) is 36.5 Å². The molecule has 0 unspecified atom stereocenters. The van der Waals surface area contributed by atoms with Crippen LogP contribution in [0.5, 0.6) is 0 Å². The van der Waals surface area contributed by atoms with Crippen LogP contribution in [0.25, 0.3) is 22.4 Å². The SMILES string of the molecule is Cl.NC1(c2noc(-c3nccc4ccccc34)n2)CCCC1. The molecule has 0 spiro atoms. The fraction of sp³-hybridized carbons (Fsp3) is 0.312. The third kappa shape index (κ3) is 2.36. The van der Waals surface area contributed by atoms with Crippen molar-refractivity contribution in [3.8, 4) is 11.6 Å². The average Bonchev–Trinajstić information content (AvgIpc) is 3.16. The van der Waals surface area contributed by atoms with E-state index in [1.165, 1.54) is 0 Å². The predicted octanol–water partition coefficient (Wildman–Crippen LogP) is 3.43. The van der Waals surface area contributed by atoms with Gasteiger partial charge in [-0.15, -0.1) is 12.4 Å². The molecular weight excluding hydrogens is 300 g/mol. The molecule has 3 aromatic rings. The van der Waals surface area contributed by atoms with Crippen LogP contribution in [0.3, 0.4) is 0 Å². The maximum absolute atomic E-state index is 6.38. The Morgan fingerprint density at radius 2 is 1.86 bits per heavy atom. The molecule has 1 aliphatic carbocycles. The Labute approximate surface area is 134 Å². The van der Waals surface area contributed by atoms with Gasteiger partial charge in [-0.25, -0.2) is 0 Å². The Kier molecular flexibility index (Phi) is 3.85. The molecule has 1 aliphatic rings. The van der Waals surface area contributed by atoms with Gasteiger partial charge in [-0.05, 0) is 24.3 Å². The number of halogens is 1. The van der Waals surface area contributed by atoms with E-state index in [1.54, 1.807) is 6.20 Å². The van der Waals surface area contributed by atoms with Gasteiger partial charge < -0.3 is 10.3 Å². The van der Waals surface area contributed by atoms with Crippen molar-refractivity contribution >= 4 is 23.2 Å². The van der Waals surface area contributed by atoms with Crippen molar-refractivity contribution in [3.63, 3.8) is 0 Å². The molecule has 1 saturated carbocycles. The number of rotatable bonds is 2. The first-order valence-electron chi connectivity index (χ1n) is 7.23. The van der Waals surface area contributed by atoms with Gasteiger partial charge in [0.2, 0.25) is 0 Å². The third-order valence-electron chi connectivity index (χ3n) is 4.24. The molecule has 2 N–H and O–H groups in total. The Morgan fingerprint density at radius 1 is 1.09 bits per heavy atom. The van der Waals surface area contributed by atoms with E-state index in [1.807, 2.05) is 30.3 Å². The quantitative estimate of drug-likeness (QED) is 0.783. The number of nitrogens with two attached hydrogens (primary N) is 1. The van der Waals surface area contributed by atoms with Gasteiger partial charge in [-0.2, -0.15) is 4.98 Å². The van der Waals surface area contributed by atoms with E-state index in [9.17, 15) is 0 Å². The van der Waals surface area contributed by atoms with Crippen molar-refractivity contribution in [2.75, 3.05) is 0 Å². The van der Waals surface area contributed by atoms with E-state index in [2.05, 4.69) is 15.1 Å². The first-order valence-corrected chi connectivity index (χ1v) is 7.23. The van der Waals surface area contributed by atoms with Crippen molar-refractivity contribution in [1.82, 2.24) is 15.1 Å². The third-order valence-corrected chi connectivity index (χ3v) is 4.24. The molecule has 0 saturated heterocycles. The molecule has 2 aromatic heterocycles. The van der Waals surface area contributed by atoms with Crippen molar-refractivity contribution in [2.24, 2.45) is 5.73 Å². The highest BCUT2D eigenvalue weighted by atomic mass is 35.5. The van der Waals surface area contributed by atoms with Gasteiger partial charge in [0, 0.05) is 11.6 Å². The molecule has 0 atom stereocenters. The van der Waals surface area contributed by atoms with E-state index in [-0.39, 0.29) is 12.4 Å². The van der Waals surface area contributed by atoms with Gasteiger partial charge >= 0.3 is 0 Å². The minimum atomic E-state index is -0.438. The lowest BCUT2D eigenvalue weighted by Gasteiger charge is -2.17. The van der Waals surface area contributed by atoms with Gasteiger partial charge in [0.05, 0.1) is 5.54 Å². The van der Waals surface area contributed by atoms with Gasteiger partial charge in [0.1, 0.15) is 5.69 Å². The van der Waals surface area contributed by atoms with E-state index in [4.69, 9.17) is 10.3 Å². The lowest BCUT2D eigenvalue weighted by atomic mass is 9.99. The number of benzene rings is 1. The minimum absolute atomic E-state index is 0.